The Labute approximate surface area is 48.9 Å². The summed E-state index contributed by atoms with van der Waals surface area (Å²) in [5, 5.41) is 0. The van der Waals surface area contributed by atoms with E-state index in [4.69, 9.17) is 0 Å². The van der Waals surface area contributed by atoms with Crippen molar-refractivity contribution in [3.63, 3.8) is 0 Å². The Morgan fingerprint density at radius 1 is 1.62 bits per heavy atom. The zero-order chi connectivity index (χ0) is 5.35. The molecule has 5 aliphatic rings. The first kappa shape index (κ1) is 3.49. The van der Waals surface area contributed by atoms with Gasteiger partial charge < -0.3 is 0 Å². The van der Waals surface area contributed by atoms with Crippen LogP contribution in [0, 0.1) is 11.3 Å². The van der Waals surface area contributed by atoms with E-state index >= 15 is 0 Å². The Bertz CT molecular complexity index is 232. The van der Waals surface area contributed by atoms with Gasteiger partial charge in [0.25, 0.3) is 0 Å². The number of hydrogen-bond acceptors (Lipinski definition) is 0. The maximum atomic E-state index is 2.44. The van der Waals surface area contributed by atoms with E-state index in [1.165, 1.54) is 6.42 Å². The van der Waals surface area contributed by atoms with E-state index in [1.807, 2.05) is 0 Å². The largest absolute Gasteiger partial charge is 0.0707 e. The smallest absolute Gasteiger partial charge is 0.0116 e. The molecule has 40 valence electrons. The van der Waals surface area contributed by atoms with E-state index in [2.05, 4.69) is 19.1 Å². The SMILES string of the molecule is C[C@]12C=C3CC1C3=C2. The Balaban J connectivity index is 2.39. The molecule has 1 fully saturated rings. The monoisotopic (exact) mass is 104 g/mol. The van der Waals surface area contributed by atoms with Crippen LogP contribution in [0.2, 0.25) is 0 Å². The molecule has 0 radical (unpaired) electrons. The van der Waals surface area contributed by atoms with Crippen molar-refractivity contribution in [2.75, 3.05) is 0 Å². The van der Waals surface area contributed by atoms with Gasteiger partial charge in [0.2, 0.25) is 0 Å². The molecule has 5 aliphatic carbocycles. The summed E-state index contributed by atoms with van der Waals surface area (Å²) < 4.78 is 0. The van der Waals surface area contributed by atoms with E-state index in [0.29, 0.717) is 5.41 Å². The third kappa shape index (κ3) is 0.146. The average Bonchev–Trinajstić information content (AvgIpc) is 2.18. The third-order valence-corrected chi connectivity index (χ3v) is 2.87. The molecular formula is C8H8. The van der Waals surface area contributed by atoms with Crippen LogP contribution >= 0.6 is 0 Å². The molecule has 0 heterocycles. The van der Waals surface area contributed by atoms with Crippen molar-refractivity contribution in [3.05, 3.63) is 23.3 Å². The normalized spacial score (nSPS) is 53.9. The number of hydrogen-bond donors (Lipinski definition) is 0. The first-order chi connectivity index (χ1) is 3.80. The van der Waals surface area contributed by atoms with E-state index in [-0.39, 0.29) is 0 Å². The summed E-state index contributed by atoms with van der Waals surface area (Å²) in [7, 11) is 0. The van der Waals surface area contributed by atoms with Crippen molar-refractivity contribution in [2.45, 2.75) is 13.3 Å². The van der Waals surface area contributed by atoms with Gasteiger partial charge in [-0.15, -0.1) is 0 Å². The Morgan fingerprint density at radius 2 is 2.50 bits per heavy atom. The molecule has 0 amide bonds. The fourth-order valence-electron chi connectivity index (χ4n) is 2.29. The topological polar surface area (TPSA) is 0 Å². The van der Waals surface area contributed by atoms with Gasteiger partial charge in [0.05, 0.1) is 0 Å². The second-order valence-electron chi connectivity index (χ2n) is 3.39. The molecule has 2 atom stereocenters. The summed E-state index contributed by atoms with van der Waals surface area (Å²) in [4.78, 5) is 0. The zero-order valence-electron chi connectivity index (χ0n) is 4.94. The second kappa shape index (κ2) is 0.637. The maximum absolute atomic E-state index is 2.44. The highest BCUT2D eigenvalue weighted by Gasteiger charge is 2.55. The van der Waals surface area contributed by atoms with Gasteiger partial charge >= 0.3 is 0 Å². The van der Waals surface area contributed by atoms with Gasteiger partial charge in [-0.1, -0.05) is 19.1 Å². The van der Waals surface area contributed by atoms with Crippen molar-refractivity contribution in [1.82, 2.24) is 0 Å². The van der Waals surface area contributed by atoms with Crippen LogP contribution in [0.4, 0.5) is 0 Å². The van der Waals surface area contributed by atoms with Crippen molar-refractivity contribution >= 4 is 0 Å². The predicted octanol–water partition coefficient (Wildman–Crippen LogP) is 1.89. The van der Waals surface area contributed by atoms with E-state index in [9.17, 15) is 0 Å². The quantitative estimate of drug-likeness (QED) is 0.440. The minimum Gasteiger partial charge on any atom is -0.0707 e. The van der Waals surface area contributed by atoms with Gasteiger partial charge in [-0.05, 0) is 17.6 Å². The van der Waals surface area contributed by atoms with Crippen LogP contribution in [-0.2, 0) is 0 Å². The van der Waals surface area contributed by atoms with E-state index < -0.39 is 0 Å². The molecule has 5 rings (SSSR count). The summed E-state index contributed by atoms with van der Waals surface area (Å²) in [6, 6.07) is 0. The van der Waals surface area contributed by atoms with Gasteiger partial charge in [-0.3, -0.25) is 0 Å². The number of allylic oxidation sites excluding steroid dienone is 4. The Kier molecular flexibility index (Phi) is 0.278. The van der Waals surface area contributed by atoms with Gasteiger partial charge in [0.15, 0.2) is 0 Å². The van der Waals surface area contributed by atoms with Crippen molar-refractivity contribution in [3.8, 4) is 0 Å². The van der Waals surface area contributed by atoms with E-state index in [1.54, 1.807) is 11.1 Å². The van der Waals surface area contributed by atoms with Gasteiger partial charge in [-0.25, -0.2) is 0 Å². The fraction of sp³-hybridized carbons (Fsp3) is 0.500. The number of rotatable bonds is 0. The molecule has 0 aromatic heterocycles. The molecule has 1 unspecified atom stereocenters. The lowest BCUT2D eigenvalue weighted by Gasteiger charge is -2.43. The highest BCUT2D eigenvalue weighted by molar-refractivity contribution is 5.63. The zero-order valence-corrected chi connectivity index (χ0v) is 4.94. The molecule has 0 nitrogen and oxygen atoms in total. The minimum atomic E-state index is 0.546. The van der Waals surface area contributed by atoms with Crippen LogP contribution in [-0.4, -0.2) is 0 Å². The van der Waals surface area contributed by atoms with Crippen molar-refractivity contribution in [2.24, 2.45) is 11.3 Å². The lowest BCUT2D eigenvalue weighted by Crippen LogP contribution is -2.33. The highest BCUT2D eigenvalue weighted by Crippen LogP contribution is 2.67. The second-order valence-corrected chi connectivity index (χ2v) is 3.39. The van der Waals surface area contributed by atoms with Crippen LogP contribution < -0.4 is 0 Å². The van der Waals surface area contributed by atoms with Gasteiger partial charge in [-0.2, -0.15) is 0 Å². The minimum absolute atomic E-state index is 0.546. The summed E-state index contributed by atoms with van der Waals surface area (Å²) >= 11 is 0. The lowest BCUT2D eigenvalue weighted by molar-refractivity contribution is 0.325. The first-order valence-corrected chi connectivity index (χ1v) is 3.24. The van der Waals surface area contributed by atoms with Crippen LogP contribution in [0.3, 0.4) is 0 Å². The summed E-state index contributed by atoms with van der Waals surface area (Å²) in [5.41, 5.74) is 3.87. The molecular weight excluding hydrogens is 96.1 g/mol. The summed E-state index contributed by atoms with van der Waals surface area (Å²) in [6.07, 6.45) is 6.24. The molecule has 0 aromatic carbocycles. The van der Waals surface area contributed by atoms with Crippen LogP contribution in [0.15, 0.2) is 23.3 Å². The average molecular weight is 104 g/mol. The van der Waals surface area contributed by atoms with Crippen molar-refractivity contribution < 1.29 is 0 Å². The summed E-state index contributed by atoms with van der Waals surface area (Å²) in [5.74, 6) is 0.970. The first-order valence-electron chi connectivity index (χ1n) is 3.24. The molecule has 1 saturated carbocycles. The van der Waals surface area contributed by atoms with Crippen LogP contribution in [0.5, 0.6) is 0 Å². The van der Waals surface area contributed by atoms with Gasteiger partial charge in [0.1, 0.15) is 0 Å². The van der Waals surface area contributed by atoms with Crippen LogP contribution in [0.1, 0.15) is 13.3 Å². The van der Waals surface area contributed by atoms with Gasteiger partial charge in [0, 0.05) is 11.3 Å². The third-order valence-electron chi connectivity index (χ3n) is 2.87. The Hall–Kier alpha value is -0.520. The molecule has 0 aliphatic heterocycles. The molecule has 4 bridgehead atoms. The molecule has 0 heteroatoms. The predicted molar refractivity (Wildman–Crippen MR) is 32.4 cm³/mol. The lowest BCUT2D eigenvalue weighted by atomic mass is 9.61. The van der Waals surface area contributed by atoms with E-state index in [0.717, 1.165) is 5.92 Å². The molecule has 0 spiro atoms. The maximum Gasteiger partial charge on any atom is 0.0116 e. The Morgan fingerprint density at radius 3 is 2.62 bits per heavy atom. The van der Waals surface area contributed by atoms with Crippen LogP contribution in [0.25, 0.3) is 0 Å². The molecule has 8 heavy (non-hydrogen) atoms. The van der Waals surface area contributed by atoms with Crippen molar-refractivity contribution in [1.29, 1.82) is 0 Å². The molecule has 0 N–H and O–H groups in total. The molecule has 0 aromatic rings. The summed E-state index contributed by atoms with van der Waals surface area (Å²) in [6.45, 7) is 2.33. The highest BCUT2D eigenvalue weighted by atomic mass is 14.6. The fourth-order valence-corrected chi connectivity index (χ4v) is 2.29. The standard InChI is InChI=1S/C8H8/c1-8-3-5-2-7(8)6(5)4-8/h3-4,7H,2H2,1H3/t7?,8-/m1/s1. The molecule has 0 saturated heterocycles.